The van der Waals surface area contributed by atoms with Crippen molar-refractivity contribution in [2.24, 2.45) is 0 Å². The van der Waals surface area contributed by atoms with Crippen LogP contribution in [0.2, 0.25) is 0 Å². The number of hydrogen-bond acceptors (Lipinski definition) is 3. The molecule has 1 atom stereocenters. The van der Waals surface area contributed by atoms with Crippen LogP contribution in [0, 0.1) is 0 Å². The number of rotatable bonds is 4. The highest BCUT2D eigenvalue weighted by Gasteiger charge is 2.23. The first-order chi connectivity index (χ1) is 7.63. The van der Waals surface area contributed by atoms with Crippen LogP contribution in [0.4, 0.5) is 0 Å². The van der Waals surface area contributed by atoms with E-state index in [2.05, 4.69) is 24.8 Å². The Hall–Kier alpha value is -0.830. The smallest absolute Gasteiger partial charge is 0.307 e. The average Bonchev–Trinajstić information content (AvgIpc) is 2.27. The highest BCUT2D eigenvalue weighted by Crippen LogP contribution is 2.20. The van der Waals surface area contributed by atoms with Crippen LogP contribution in [-0.2, 0) is 9.53 Å². The molecule has 16 heavy (non-hydrogen) atoms. The number of esters is 1. The van der Waals surface area contributed by atoms with Gasteiger partial charge in [0.2, 0.25) is 0 Å². The third-order valence-corrected chi connectivity index (χ3v) is 3.11. The van der Waals surface area contributed by atoms with Gasteiger partial charge in [-0.15, -0.1) is 0 Å². The van der Waals surface area contributed by atoms with Gasteiger partial charge in [0.05, 0.1) is 13.5 Å². The fraction of sp³-hybridized carbons (Fsp3) is 0.769. The van der Waals surface area contributed by atoms with Crippen LogP contribution in [0.25, 0.3) is 0 Å². The third-order valence-electron chi connectivity index (χ3n) is 3.11. The molecule has 1 fully saturated rings. The van der Waals surface area contributed by atoms with Crippen molar-refractivity contribution in [1.29, 1.82) is 0 Å². The van der Waals surface area contributed by atoms with Crippen molar-refractivity contribution in [2.75, 3.05) is 20.2 Å². The summed E-state index contributed by atoms with van der Waals surface area (Å²) in [6.07, 6.45) is 6.36. The molecule has 3 nitrogen and oxygen atoms in total. The molecular weight excluding hydrogens is 202 g/mol. The second kappa shape index (κ2) is 6.69. The number of hydrogen-bond donors (Lipinski definition) is 0. The van der Waals surface area contributed by atoms with E-state index < -0.39 is 0 Å². The standard InChI is InChI=1S/C13H23NO2/c1-11(2)7-9-14-8-5-4-6-12(14)10-13(15)16-3/h7,12H,4-6,8-10H2,1-3H3. The summed E-state index contributed by atoms with van der Waals surface area (Å²) in [5.41, 5.74) is 1.34. The maximum atomic E-state index is 11.3. The molecule has 0 amide bonds. The first kappa shape index (κ1) is 13.2. The van der Waals surface area contributed by atoms with Gasteiger partial charge in [-0.05, 0) is 33.2 Å². The zero-order valence-electron chi connectivity index (χ0n) is 10.7. The SMILES string of the molecule is COC(=O)CC1CCCCN1CC=C(C)C. The molecule has 1 saturated heterocycles. The van der Waals surface area contributed by atoms with Gasteiger partial charge in [-0.25, -0.2) is 0 Å². The molecule has 3 heteroatoms. The van der Waals surface area contributed by atoms with Crippen molar-refractivity contribution in [3.05, 3.63) is 11.6 Å². The molecule has 92 valence electrons. The predicted octanol–water partition coefficient (Wildman–Crippen LogP) is 2.37. The number of carbonyl (C=O) groups excluding carboxylic acids is 1. The summed E-state index contributed by atoms with van der Waals surface area (Å²) in [6.45, 7) is 6.29. The van der Waals surface area contributed by atoms with Gasteiger partial charge in [0.15, 0.2) is 0 Å². The lowest BCUT2D eigenvalue weighted by atomic mass is 9.99. The lowest BCUT2D eigenvalue weighted by Crippen LogP contribution is -2.41. The monoisotopic (exact) mass is 225 g/mol. The van der Waals surface area contributed by atoms with Crippen molar-refractivity contribution in [3.8, 4) is 0 Å². The number of likely N-dealkylation sites (tertiary alicyclic amines) is 1. The molecule has 0 aliphatic carbocycles. The molecule has 0 spiro atoms. The molecule has 1 heterocycles. The summed E-state index contributed by atoms with van der Waals surface area (Å²) in [6, 6.07) is 0.372. The largest absolute Gasteiger partial charge is 0.469 e. The molecule has 0 N–H and O–H groups in total. The van der Waals surface area contributed by atoms with Crippen LogP contribution in [0.5, 0.6) is 0 Å². The van der Waals surface area contributed by atoms with Gasteiger partial charge in [-0.2, -0.15) is 0 Å². The van der Waals surface area contributed by atoms with Gasteiger partial charge in [-0.1, -0.05) is 18.1 Å². The Morgan fingerprint density at radius 1 is 1.44 bits per heavy atom. The minimum Gasteiger partial charge on any atom is -0.469 e. The van der Waals surface area contributed by atoms with Crippen molar-refractivity contribution in [2.45, 2.75) is 45.6 Å². The fourth-order valence-electron chi connectivity index (χ4n) is 2.11. The summed E-state index contributed by atoms with van der Waals surface area (Å²) in [5, 5.41) is 0. The Bertz CT molecular complexity index is 257. The van der Waals surface area contributed by atoms with Crippen LogP contribution in [0.15, 0.2) is 11.6 Å². The Balaban J connectivity index is 2.50. The van der Waals surface area contributed by atoms with E-state index in [1.165, 1.54) is 25.5 Å². The van der Waals surface area contributed by atoms with E-state index >= 15 is 0 Å². The van der Waals surface area contributed by atoms with E-state index in [0.29, 0.717) is 12.5 Å². The predicted molar refractivity (Wildman–Crippen MR) is 65.3 cm³/mol. The first-order valence-corrected chi connectivity index (χ1v) is 6.07. The Morgan fingerprint density at radius 3 is 2.81 bits per heavy atom. The summed E-state index contributed by atoms with van der Waals surface area (Å²) in [7, 11) is 1.46. The highest BCUT2D eigenvalue weighted by molar-refractivity contribution is 5.69. The number of carbonyl (C=O) groups is 1. The maximum absolute atomic E-state index is 11.3. The number of methoxy groups -OCH3 is 1. The Labute approximate surface area is 98.5 Å². The molecule has 0 aromatic carbocycles. The van der Waals surface area contributed by atoms with E-state index in [9.17, 15) is 4.79 Å². The second-order valence-electron chi connectivity index (χ2n) is 4.71. The summed E-state index contributed by atoms with van der Waals surface area (Å²) >= 11 is 0. The van der Waals surface area contributed by atoms with Crippen LogP contribution < -0.4 is 0 Å². The topological polar surface area (TPSA) is 29.5 Å². The quantitative estimate of drug-likeness (QED) is 0.543. The van der Waals surface area contributed by atoms with Gasteiger partial charge in [0.25, 0.3) is 0 Å². The van der Waals surface area contributed by atoms with Crippen molar-refractivity contribution in [1.82, 2.24) is 4.90 Å². The van der Waals surface area contributed by atoms with E-state index in [1.54, 1.807) is 0 Å². The normalized spacial score (nSPS) is 21.6. The van der Waals surface area contributed by atoms with Crippen molar-refractivity contribution >= 4 is 5.97 Å². The maximum Gasteiger partial charge on any atom is 0.307 e. The lowest BCUT2D eigenvalue weighted by molar-refractivity contribution is -0.142. The molecule has 1 aliphatic rings. The van der Waals surface area contributed by atoms with E-state index in [1.807, 2.05) is 0 Å². The molecular formula is C13H23NO2. The van der Waals surface area contributed by atoms with Crippen LogP contribution >= 0.6 is 0 Å². The lowest BCUT2D eigenvalue weighted by Gasteiger charge is -2.34. The van der Waals surface area contributed by atoms with E-state index in [0.717, 1.165) is 19.5 Å². The van der Waals surface area contributed by atoms with Gasteiger partial charge in [0.1, 0.15) is 0 Å². The molecule has 0 bridgehead atoms. The summed E-state index contributed by atoms with van der Waals surface area (Å²) in [4.78, 5) is 13.7. The number of allylic oxidation sites excluding steroid dienone is 1. The first-order valence-electron chi connectivity index (χ1n) is 6.07. The van der Waals surface area contributed by atoms with Crippen molar-refractivity contribution in [3.63, 3.8) is 0 Å². The fourth-order valence-corrected chi connectivity index (χ4v) is 2.11. The number of ether oxygens (including phenoxy) is 1. The van der Waals surface area contributed by atoms with Gasteiger partial charge in [-0.3, -0.25) is 9.69 Å². The highest BCUT2D eigenvalue weighted by atomic mass is 16.5. The average molecular weight is 225 g/mol. The molecule has 0 radical (unpaired) electrons. The zero-order valence-corrected chi connectivity index (χ0v) is 10.7. The minimum atomic E-state index is -0.0888. The Morgan fingerprint density at radius 2 is 2.19 bits per heavy atom. The van der Waals surface area contributed by atoms with Crippen LogP contribution in [0.3, 0.4) is 0 Å². The van der Waals surface area contributed by atoms with E-state index in [-0.39, 0.29) is 5.97 Å². The Kier molecular flexibility index (Phi) is 5.53. The molecule has 0 aromatic rings. The number of piperidine rings is 1. The molecule has 1 unspecified atom stereocenters. The summed E-state index contributed by atoms with van der Waals surface area (Å²) in [5.74, 6) is -0.0888. The second-order valence-corrected chi connectivity index (χ2v) is 4.71. The van der Waals surface area contributed by atoms with Gasteiger partial charge in [0, 0.05) is 12.6 Å². The summed E-state index contributed by atoms with van der Waals surface area (Å²) < 4.78 is 4.75. The minimum absolute atomic E-state index is 0.0888. The molecule has 0 saturated carbocycles. The third kappa shape index (κ3) is 4.35. The van der Waals surface area contributed by atoms with Crippen molar-refractivity contribution < 1.29 is 9.53 Å². The van der Waals surface area contributed by atoms with Crippen LogP contribution in [-0.4, -0.2) is 37.1 Å². The molecule has 1 rings (SSSR count). The molecule has 1 aliphatic heterocycles. The van der Waals surface area contributed by atoms with E-state index in [4.69, 9.17) is 4.74 Å². The molecule has 0 aromatic heterocycles. The van der Waals surface area contributed by atoms with Gasteiger partial charge < -0.3 is 4.74 Å². The van der Waals surface area contributed by atoms with Gasteiger partial charge >= 0.3 is 5.97 Å². The number of nitrogens with zero attached hydrogens (tertiary/aromatic N) is 1. The van der Waals surface area contributed by atoms with Crippen LogP contribution in [0.1, 0.15) is 39.5 Å². The zero-order chi connectivity index (χ0) is 12.0.